The summed E-state index contributed by atoms with van der Waals surface area (Å²) in [4.78, 5) is 21.8. The van der Waals surface area contributed by atoms with Crippen molar-refractivity contribution in [2.75, 3.05) is 0 Å². The molecule has 1 rings (SSSR count). The van der Waals surface area contributed by atoms with Crippen molar-refractivity contribution >= 4 is 11.6 Å². The lowest BCUT2D eigenvalue weighted by Gasteiger charge is -2.17. The zero-order valence-electron chi connectivity index (χ0n) is 6.89. The number of hydrogen-bond donors (Lipinski definition) is 0. The number of allylic oxidation sites excluding steroid dienone is 2. The first-order valence-electron chi connectivity index (χ1n) is 3.82. The number of carbonyl (C=O) groups is 2. The average Bonchev–Trinajstić information content (AvgIpc) is 1.85. The van der Waals surface area contributed by atoms with Crippen LogP contribution in [-0.4, -0.2) is 11.6 Å². The van der Waals surface area contributed by atoms with Gasteiger partial charge >= 0.3 is 0 Å². The standard InChI is InChI=1S/C9H12O2/c1-6-5-8(11)3-4-9(6)7(2)10/h5,9H,3-4H2,1-2H3/t9-/m0/s1. The number of hydrogen-bond acceptors (Lipinski definition) is 2. The Labute approximate surface area is 66.3 Å². The Morgan fingerprint density at radius 1 is 1.64 bits per heavy atom. The number of Topliss-reactive ketones (excluding diaryl/α,β-unsaturated/α-hetero) is 1. The van der Waals surface area contributed by atoms with Gasteiger partial charge in [-0.3, -0.25) is 9.59 Å². The first-order valence-corrected chi connectivity index (χ1v) is 3.82. The number of rotatable bonds is 1. The molecule has 0 saturated heterocycles. The van der Waals surface area contributed by atoms with E-state index in [0.29, 0.717) is 12.8 Å². The zero-order chi connectivity index (χ0) is 8.43. The van der Waals surface area contributed by atoms with Gasteiger partial charge in [-0.1, -0.05) is 5.57 Å². The highest BCUT2D eigenvalue weighted by Crippen LogP contribution is 2.22. The van der Waals surface area contributed by atoms with Crippen molar-refractivity contribution in [2.45, 2.75) is 26.7 Å². The molecule has 1 aliphatic rings. The number of ketones is 2. The molecule has 2 heteroatoms. The van der Waals surface area contributed by atoms with Crippen LogP contribution in [-0.2, 0) is 9.59 Å². The van der Waals surface area contributed by atoms with E-state index in [1.165, 1.54) is 0 Å². The van der Waals surface area contributed by atoms with Crippen LogP contribution in [0.1, 0.15) is 26.7 Å². The Morgan fingerprint density at radius 2 is 2.27 bits per heavy atom. The molecule has 0 saturated carbocycles. The summed E-state index contributed by atoms with van der Waals surface area (Å²) >= 11 is 0. The van der Waals surface area contributed by atoms with Crippen LogP contribution in [0.4, 0.5) is 0 Å². The summed E-state index contributed by atoms with van der Waals surface area (Å²) in [6.45, 7) is 3.43. The molecular formula is C9H12O2. The van der Waals surface area contributed by atoms with E-state index in [-0.39, 0.29) is 17.5 Å². The second-order valence-electron chi connectivity index (χ2n) is 3.06. The molecule has 0 amide bonds. The molecule has 0 aliphatic heterocycles. The van der Waals surface area contributed by atoms with Gasteiger partial charge in [0, 0.05) is 12.3 Å². The van der Waals surface area contributed by atoms with E-state index in [1.54, 1.807) is 13.0 Å². The molecule has 0 aromatic heterocycles. The monoisotopic (exact) mass is 152 g/mol. The first-order chi connectivity index (χ1) is 5.11. The molecule has 0 aromatic carbocycles. The summed E-state index contributed by atoms with van der Waals surface area (Å²) in [5.74, 6) is 0.332. The van der Waals surface area contributed by atoms with Gasteiger partial charge in [0.1, 0.15) is 5.78 Å². The summed E-state index contributed by atoms with van der Waals surface area (Å²) in [5, 5.41) is 0. The Morgan fingerprint density at radius 3 is 2.73 bits per heavy atom. The zero-order valence-corrected chi connectivity index (χ0v) is 6.89. The van der Waals surface area contributed by atoms with Gasteiger partial charge in [-0.05, 0) is 26.3 Å². The van der Waals surface area contributed by atoms with Crippen molar-refractivity contribution in [3.05, 3.63) is 11.6 Å². The lowest BCUT2D eigenvalue weighted by atomic mass is 9.86. The van der Waals surface area contributed by atoms with Crippen molar-refractivity contribution in [1.29, 1.82) is 0 Å². The molecule has 0 spiro atoms. The summed E-state index contributed by atoms with van der Waals surface area (Å²) in [6.07, 6.45) is 2.83. The third kappa shape index (κ3) is 1.76. The Bertz CT molecular complexity index is 226. The van der Waals surface area contributed by atoms with Gasteiger partial charge in [-0.2, -0.15) is 0 Å². The predicted molar refractivity (Wildman–Crippen MR) is 42.2 cm³/mol. The summed E-state index contributed by atoms with van der Waals surface area (Å²) in [7, 11) is 0. The van der Waals surface area contributed by atoms with Crippen LogP contribution in [0, 0.1) is 5.92 Å². The Hall–Kier alpha value is -0.920. The smallest absolute Gasteiger partial charge is 0.155 e. The quantitative estimate of drug-likeness (QED) is 0.570. The summed E-state index contributed by atoms with van der Waals surface area (Å²) < 4.78 is 0. The molecule has 0 N–H and O–H groups in total. The van der Waals surface area contributed by atoms with Crippen LogP contribution in [0.5, 0.6) is 0 Å². The van der Waals surface area contributed by atoms with E-state index < -0.39 is 0 Å². The van der Waals surface area contributed by atoms with E-state index in [2.05, 4.69) is 0 Å². The van der Waals surface area contributed by atoms with Gasteiger partial charge in [0.25, 0.3) is 0 Å². The van der Waals surface area contributed by atoms with Crippen LogP contribution in [0.15, 0.2) is 11.6 Å². The van der Waals surface area contributed by atoms with Crippen molar-refractivity contribution in [3.63, 3.8) is 0 Å². The van der Waals surface area contributed by atoms with E-state index in [0.717, 1.165) is 5.57 Å². The largest absolute Gasteiger partial charge is 0.299 e. The van der Waals surface area contributed by atoms with E-state index >= 15 is 0 Å². The van der Waals surface area contributed by atoms with Crippen LogP contribution in [0.2, 0.25) is 0 Å². The van der Waals surface area contributed by atoms with Crippen LogP contribution in [0.25, 0.3) is 0 Å². The molecule has 0 bridgehead atoms. The van der Waals surface area contributed by atoms with Crippen molar-refractivity contribution in [3.8, 4) is 0 Å². The Balaban J connectivity index is 2.80. The molecule has 0 unspecified atom stereocenters. The van der Waals surface area contributed by atoms with E-state index in [9.17, 15) is 9.59 Å². The topological polar surface area (TPSA) is 34.1 Å². The fourth-order valence-electron chi connectivity index (χ4n) is 1.46. The second-order valence-corrected chi connectivity index (χ2v) is 3.06. The molecule has 0 heterocycles. The van der Waals surface area contributed by atoms with Gasteiger partial charge in [0.2, 0.25) is 0 Å². The SMILES string of the molecule is CC(=O)[C@H]1CCC(=O)C=C1C. The fourth-order valence-corrected chi connectivity index (χ4v) is 1.46. The summed E-state index contributed by atoms with van der Waals surface area (Å²) in [6, 6.07) is 0. The highest BCUT2D eigenvalue weighted by Gasteiger charge is 2.21. The van der Waals surface area contributed by atoms with E-state index in [1.807, 2.05) is 6.92 Å². The predicted octanol–water partition coefficient (Wildman–Crippen LogP) is 1.50. The van der Waals surface area contributed by atoms with E-state index in [4.69, 9.17) is 0 Å². The highest BCUT2D eigenvalue weighted by atomic mass is 16.1. The first kappa shape index (κ1) is 8.18. The van der Waals surface area contributed by atoms with Gasteiger partial charge < -0.3 is 0 Å². The second kappa shape index (κ2) is 2.99. The molecule has 0 aromatic rings. The van der Waals surface area contributed by atoms with Gasteiger partial charge in [-0.25, -0.2) is 0 Å². The third-order valence-corrected chi connectivity index (χ3v) is 2.11. The van der Waals surface area contributed by atoms with Crippen molar-refractivity contribution < 1.29 is 9.59 Å². The van der Waals surface area contributed by atoms with Crippen LogP contribution >= 0.6 is 0 Å². The molecule has 60 valence electrons. The summed E-state index contributed by atoms with van der Waals surface area (Å²) in [5.41, 5.74) is 0.925. The van der Waals surface area contributed by atoms with Gasteiger partial charge in [-0.15, -0.1) is 0 Å². The lowest BCUT2D eigenvalue weighted by molar-refractivity contribution is -0.120. The Kier molecular flexibility index (Phi) is 2.22. The maximum atomic E-state index is 11.0. The minimum absolute atomic E-state index is 0.00713. The molecular weight excluding hydrogens is 140 g/mol. The normalized spacial score (nSPS) is 24.7. The molecule has 1 atom stereocenters. The lowest BCUT2D eigenvalue weighted by Crippen LogP contribution is -2.18. The molecule has 0 fully saturated rings. The highest BCUT2D eigenvalue weighted by molar-refractivity contribution is 5.94. The molecule has 1 aliphatic carbocycles. The minimum Gasteiger partial charge on any atom is -0.299 e. The van der Waals surface area contributed by atoms with Gasteiger partial charge in [0.15, 0.2) is 5.78 Å². The maximum Gasteiger partial charge on any atom is 0.155 e. The maximum absolute atomic E-state index is 11.0. The fraction of sp³-hybridized carbons (Fsp3) is 0.556. The molecule has 2 nitrogen and oxygen atoms in total. The number of carbonyl (C=O) groups excluding carboxylic acids is 2. The van der Waals surface area contributed by atoms with Gasteiger partial charge in [0.05, 0.1) is 0 Å². The van der Waals surface area contributed by atoms with Crippen LogP contribution in [0.3, 0.4) is 0 Å². The average molecular weight is 152 g/mol. The van der Waals surface area contributed by atoms with Crippen LogP contribution < -0.4 is 0 Å². The molecule has 11 heavy (non-hydrogen) atoms. The van der Waals surface area contributed by atoms with Crippen molar-refractivity contribution in [1.82, 2.24) is 0 Å². The molecule has 0 radical (unpaired) electrons. The third-order valence-electron chi connectivity index (χ3n) is 2.11. The van der Waals surface area contributed by atoms with Crippen molar-refractivity contribution in [2.24, 2.45) is 5.92 Å². The minimum atomic E-state index is 0.00713.